The average Bonchev–Trinajstić information content (AvgIpc) is 3.48. The molecule has 1 aliphatic heterocycles. The third-order valence-electron chi connectivity index (χ3n) is 5.35. The molecule has 178 valence electrons. The Hall–Kier alpha value is -3.27. The van der Waals surface area contributed by atoms with Crippen molar-refractivity contribution in [2.45, 2.75) is 18.9 Å². The molecule has 0 radical (unpaired) electrons. The molecule has 1 fully saturated rings. The number of rotatable bonds is 6. The van der Waals surface area contributed by atoms with E-state index >= 15 is 0 Å². The molecule has 9 nitrogen and oxygen atoms in total. The second-order valence-corrected chi connectivity index (χ2v) is 8.45. The molecule has 0 spiro atoms. The van der Waals surface area contributed by atoms with E-state index in [1.54, 1.807) is 36.4 Å². The summed E-state index contributed by atoms with van der Waals surface area (Å²) in [4.78, 5) is 38.2. The van der Waals surface area contributed by atoms with Gasteiger partial charge in [0.1, 0.15) is 17.0 Å². The molecule has 4 rings (SSSR count). The highest BCUT2D eigenvalue weighted by Crippen LogP contribution is 2.29. The summed E-state index contributed by atoms with van der Waals surface area (Å²) >= 11 is 12.0. The van der Waals surface area contributed by atoms with E-state index in [2.05, 4.69) is 16.1 Å². The number of ether oxygens (including phenoxy) is 2. The van der Waals surface area contributed by atoms with Gasteiger partial charge in [-0.2, -0.15) is 0 Å². The molecule has 1 saturated heterocycles. The summed E-state index contributed by atoms with van der Waals surface area (Å²) in [5.41, 5.74) is 3.41. The van der Waals surface area contributed by atoms with Gasteiger partial charge in [-0.05, 0) is 43.2 Å². The minimum absolute atomic E-state index is 0.0749. The number of benzene rings is 2. The summed E-state index contributed by atoms with van der Waals surface area (Å²) < 4.78 is 12.1. The van der Waals surface area contributed by atoms with E-state index in [-0.39, 0.29) is 23.4 Å². The SMILES string of the molecule is COc1cccc2cc(C(=O)Nc3ccc(Cl)c(Cl)c3)n(NC(=O)C(=O)NC[C@H]3CCCO3)c12. The molecule has 2 aromatic carbocycles. The van der Waals surface area contributed by atoms with Gasteiger partial charge in [0.25, 0.3) is 5.91 Å². The molecule has 0 saturated carbocycles. The molecule has 0 aliphatic carbocycles. The van der Waals surface area contributed by atoms with Gasteiger partial charge >= 0.3 is 11.8 Å². The highest BCUT2D eigenvalue weighted by atomic mass is 35.5. The number of para-hydroxylation sites is 1. The topological polar surface area (TPSA) is 111 Å². The molecular weight excluding hydrogens is 483 g/mol. The standard InChI is InChI=1S/C23H22Cl2N4O5/c1-33-19-6-2-4-13-10-18(21(30)27-14-7-8-16(24)17(25)11-14)29(20(13)19)28-23(32)22(31)26-12-15-5-3-9-34-15/h2,4,6-8,10-11,15H,3,5,9,12H2,1H3,(H,26,31)(H,27,30)(H,28,32)/t15-/m1/s1. The summed E-state index contributed by atoms with van der Waals surface area (Å²) in [6.45, 7) is 0.867. The van der Waals surface area contributed by atoms with Crippen LogP contribution in [-0.4, -0.2) is 48.8 Å². The van der Waals surface area contributed by atoms with Gasteiger partial charge in [-0.3, -0.25) is 19.8 Å². The minimum Gasteiger partial charge on any atom is -0.494 e. The fraction of sp³-hybridized carbons (Fsp3) is 0.261. The number of methoxy groups -OCH3 is 1. The molecular formula is C23H22Cl2N4O5. The zero-order valence-electron chi connectivity index (χ0n) is 18.2. The predicted octanol–water partition coefficient (Wildman–Crippen LogP) is 3.57. The fourth-order valence-corrected chi connectivity index (χ4v) is 3.99. The first kappa shape index (κ1) is 23.9. The van der Waals surface area contributed by atoms with Crippen LogP contribution >= 0.6 is 23.2 Å². The monoisotopic (exact) mass is 504 g/mol. The van der Waals surface area contributed by atoms with Crippen LogP contribution in [0.5, 0.6) is 5.75 Å². The number of nitrogens with zero attached hydrogens (tertiary/aromatic N) is 1. The first-order chi connectivity index (χ1) is 16.4. The summed E-state index contributed by atoms with van der Waals surface area (Å²) in [6.07, 6.45) is 1.62. The maximum Gasteiger partial charge on any atom is 0.328 e. The van der Waals surface area contributed by atoms with Crippen molar-refractivity contribution in [2.75, 3.05) is 31.0 Å². The van der Waals surface area contributed by atoms with Crippen molar-refractivity contribution in [3.05, 3.63) is 58.2 Å². The Kier molecular flexibility index (Phi) is 7.26. The summed E-state index contributed by atoms with van der Waals surface area (Å²) in [6, 6.07) is 11.4. The van der Waals surface area contributed by atoms with Crippen molar-refractivity contribution in [3.63, 3.8) is 0 Å². The molecule has 3 aromatic rings. The van der Waals surface area contributed by atoms with Crippen molar-refractivity contribution in [2.24, 2.45) is 0 Å². The van der Waals surface area contributed by atoms with E-state index in [4.69, 9.17) is 32.7 Å². The van der Waals surface area contributed by atoms with E-state index in [0.29, 0.717) is 34.0 Å². The van der Waals surface area contributed by atoms with E-state index < -0.39 is 17.7 Å². The maximum atomic E-state index is 13.1. The lowest BCUT2D eigenvalue weighted by Gasteiger charge is -2.15. The minimum atomic E-state index is -0.940. The molecule has 1 aromatic heterocycles. The Balaban J connectivity index is 1.61. The van der Waals surface area contributed by atoms with Crippen molar-refractivity contribution >= 4 is 57.5 Å². The number of amides is 3. The molecule has 0 bridgehead atoms. The van der Waals surface area contributed by atoms with Gasteiger partial charge in [-0.15, -0.1) is 0 Å². The van der Waals surface area contributed by atoms with Gasteiger partial charge in [-0.1, -0.05) is 35.3 Å². The summed E-state index contributed by atoms with van der Waals surface area (Å²) in [7, 11) is 1.47. The summed E-state index contributed by atoms with van der Waals surface area (Å²) in [5, 5.41) is 6.53. The quantitative estimate of drug-likeness (QED) is 0.444. The smallest absolute Gasteiger partial charge is 0.328 e. The predicted molar refractivity (Wildman–Crippen MR) is 129 cm³/mol. The lowest BCUT2D eigenvalue weighted by atomic mass is 10.2. The first-order valence-corrected chi connectivity index (χ1v) is 11.3. The number of hydrogen-bond donors (Lipinski definition) is 3. The van der Waals surface area contributed by atoms with Gasteiger partial charge in [0.2, 0.25) is 0 Å². The lowest BCUT2D eigenvalue weighted by Crippen LogP contribution is -2.42. The fourth-order valence-electron chi connectivity index (χ4n) is 3.69. The number of hydrogen-bond acceptors (Lipinski definition) is 5. The van der Waals surface area contributed by atoms with Crippen LogP contribution in [0.15, 0.2) is 42.5 Å². The Labute approximate surface area is 205 Å². The number of carbonyl (C=O) groups is 3. The summed E-state index contributed by atoms with van der Waals surface area (Å²) in [5.74, 6) is -1.92. The molecule has 1 aliphatic rings. The van der Waals surface area contributed by atoms with Crippen LogP contribution in [0.2, 0.25) is 10.0 Å². The third kappa shape index (κ3) is 5.11. The van der Waals surface area contributed by atoms with Crippen molar-refractivity contribution in [1.82, 2.24) is 9.99 Å². The number of halogens is 2. The van der Waals surface area contributed by atoms with Crippen LogP contribution in [0.3, 0.4) is 0 Å². The number of carbonyl (C=O) groups excluding carboxylic acids is 3. The molecule has 11 heteroatoms. The molecule has 1 atom stereocenters. The molecule has 3 N–H and O–H groups in total. The van der Waals surface area contributed by atoms with Crippen LogP contribution in [0.25, 0.3) is 10.9 Å². The van der Waals surface area contributed by atoms with E-state index in [0.717, 1.165) is 12.8 Å². The molecule has 2 heterocycles. The third-order valence-corrected chi connectivity index (χ3v) is 6.09. The van der Waals surface area contributed by atoms with Crippen molar-refractivity contribution < 1.29 is 23.9 Å². The van der Waals surface area contributed by atoms with Crippen molar-refractivity contribution in [3.8, 4) is 5.75 Å². The van der Waals surface area contributed by atoms with Crippen LogP contribution in [0.1, 0.15) is 23.3 Å². The van der Waals surface area contributed by atoms with Gasteiger partial charge in [-0.25, -0.2) is 4.68 Å². The Bertz CT molecular complexity index is 1250. The normalized spacial score (nSPS) is 15.2. The van der Waals surface area contributed by atoms with Gasteiger partial charge < -0.3 is 20.1 Å². The van der Waals surface area contributed by atoms with Gasteiger partial charge in [0.05, 0.1) is 23.3 Å². The second-order valence-electron chi connectivity index (χ2n) is 7.63. The Morgan fingerprint density at radius 1 is 1.12 bits per heavy atom. The van der Waals surface area contributed by atoms with E-state index in [9.17, 15) is 14.4 Å². The van der Waals surface area contributed by atoms with Crippen LogP contribution < -0.4 is 20.8 Å². The second kappa shape index (κ2) is 10.3. The molecule has 0 unspecified atom stereocenters. The van der Waals surface area contributed by atoms with E-state index in [1.807, 2.05) is 0 Å². The van der Waals surface area contributed by atoms with E-state index in [1.165, 1.54) is 17.9 Å². The highest BCUT2D eigenvalue weighted by Gasteiger charge is 2.24. The number of nitrogens with one attached hydrogen (secondary N) is 3. The van der Waals surface area contributed by atoms with Crippen LogP contribution in [0, 0.1) is 0 Å². The maximum absolute atomic E-state index is 13.1. The zero-order chi connectivity index (χ0) is 24.2. The lowest BCUT2D eigenvalue weighted by molar-refractivity contribution is -0.136. The number of fused-ring (bicyclic) bond motifs is 1. The Morgan fingerprint density at radius 3 is 2.65 bits per heavy atom. The largest absolute Gasteiger partial charge is 0.494 e. The number of anilines is 1. The van der Waals surface area contributed by atoms with Crippen LogP contribution in [-0.2, 0) is 14.3 Å². The highest BCUT2D eigenvalue weighted by molar-refractivity contribution is 6.42. The van der Waals surface area contributed by atoms with Crippen molar-refractivity contribution in [1.29, 1.82) is 0 Å². The molecule has 34 heavy (non-hydrogen) atoms. The van der Waals surface area contributed by atoms with Gasteiger partial charge in [0.15, 0.2) is 0 Å². The van der Waals surface area contributed by atoms with Gasteiger partial charge in [0, 0.05) is 24.2 Å². The average molecular weight is 505 g/mol. The zero-order valence-corrected chi connectivity index (χ0v) is 19.7. The molecule has 3 amide bonds. The van der Waals surface area contributed by atoms with Crippen LogP contribution in [0.4, 0.5) is 5.69 Å². The first-order valence-electron chi connectivity index (χ1n) is 10.5. The number of aromatic nitrogens is 1. The Morgan fingerprint density at radius 2 is 1.94 bits per heavy atom.